The lowest BCUT2D eigenvalue weighted by molar-refractivity contribution is 0.281. The molecule has 7 nitrogen and oxygen atoms in total. The average Bonchev–Trinajstić information content (AvgIpc) is 3.22. The van der Waals surface area contributed by atoms with Gasteiger partial charge in [0.05, 0.1) is 17.7 Å². The molecule has 0 amide bonds. The van der Waals surface area contributed by atoms with Gasteiger partial charge in [0.2, 0.25) is 10.0 Å². The first-order valence-electron chi connectivity index (χ1n) is 9.55. The molecule has 2 heterocycles. The van der Waals surface area contributed by atoms with Gasteiger partial charge in [-0.25, -0.2) is 8.42 Å². The summed E-state index contributed by atoms with van der Waals surface area (Å²) in [5.41, 5.74) is 0.979. The van der Waals surface area contributed by atoms with Gasteiger partial charge in [-0.3, -0.25) is 4.99 Å². The van der Waals surface area contributed by atoms with E-state index in [1.165, 1.54) is 0 Å². The summed E-state index contributed by atoms with van der Waals surface area (Å²) < 4.78 is 32.5. The van der Waals surface area contributed by atoms with Gasteiger partial charge in [0.15, 0.2) is 5.96 Å². The molecule has 1 saturated heterocycles. The lowest BCUT2D eigenvalue weighted by Gasteiger charge is -2.30. The standard InChI is InChI=1S/C20H28N4O3S.HI/c1-16-5-3-11-24(15-16)28(25,26)19-9-7-17(8-10-19)13-22-20(21-2)23-14-18-6-4-12-27-18;/h4,6-10,12,16H,3,5,11,13-15H2,1-2H3,(H2,21,22,23);1H. The minimum absolute atomic E-state index is 0. The highest BCUT2D eigenvalue weighted by atomic mass is 127. The normalized spacial score (nSPS) is 18.1. The molecule has 1 unspecified atom stereocenters. The number of benzene rings is 1. The van der Waals surface area contributed by atoms with Gasteiger partial charge >= 0.3 is 0 Å². The van der Waals surface area contributed by atoms with E-state index < -0.39 is 10.0 Å². The van der Waals surface area contributed by atoms with Crippen LogP contribution in [0.5, 0.6) is 0 Å². The van der Waals surface area contributed by atoms with Crippen molar-refractivity contribution in [2.75, 3.05) is 20.1 Å². The van der Waals surface area contributed by atoms with E-state index in [4.69, 9.17) is 4.42 Å². The second-order valence-corrected chi connectivity index (χ2v) is 9.05. The molecule has 0 saturated carbocycles. The molecule has 1 aliphatic heterocycles. The largest absolute Gasteiger partial charge is 0.467 e. The summed E-state index contributed by atoms with van der Waals surface area (Å²) in [7, 11) is -1.71. The lowest BCUT2D eigenvalue weighted by atomic mass is 10.0. The lowest BCUT2D eigenvalue weighted by Crippen LogP contribution is -2.39. The smallest absolute Gasteiger partial charge is 0.243 e. The third kappa shape index (κ3) is 6.45. The van der Waals surface area contributed by atoms with Crippen molar-refractivity contribution in [1.82, 2.24) is 14.9 Å². The van der Waals surface area contributed by atoms with Crippen molar-refractivity contribution in [3.05, 3.63) is 54.0 Å². The van der Waals surface area contributed by atoms with Gasteiger partial charge in [0.25, 0.3) is 0 Å². The summed E-state index contributed by atoms with van der Waals surface area (Å²) in [4.78, 5) is 4.53. The second-order valence-electron chi connectivity index (χ2n) is 7.11. The number of rotatable bonds is 6. The molecule has 1 fully saturated rings. The number of halogens is 1. The van der Waals surface area contributed by atoms with Crippen molar-refractivity contribution in [2.45, 2.75) is 37.8 Å². The zero-order chi connectivity index (χ0) is 20.0. The number of guanidine groups is 1. The van der Waals surface area contributed by atoms with Crippen LogP contribution in [-0.2, 0) is 23.1 Å². The highest BCUT2D eigenvalue weighted by Gasteiger charge is 2.28. The van der Waals surface area contributed by atoms with Crippen LogP contribution in [0.15, 0.2) is 57.0 Å². The monoisotopic (exact) mass is 532 g/mol. The molecular formula is C20H29IN4O3S. The summed E-state index contributed by atoms with van der Waals surface area (Å²) in [5, 5.41) is 6.38. The van der Waals surface area contributed by atoms with E-state index in [0.29, 0.717) is 43.0 Å². The first kappa shape index (κ1) is 23.7. The Bertz CT molecular complexity index is 883. The number of piperidine rings is 1. The van der Waals surface area contributed by atoms with Gasteiger partial charge in [0.1, 0.15) is 5.76 Å². The Kier molecular flexibility index (Phi) is 8.97. The number of furan rings is 1. The fourth-order valence-corrected chi connectivity index (χ4v) is 4.88. The Morgan fingerprint density at radius 1 is 1.21 bits per heavy atom. The van der Waals surface area contributed by atoms with Crippen LogP contribution in [-0.4, -0.2) is 38.8 Å². The summed E-state index contributed by atoms with van der Waals surface area (Å²) in [6.45, 7) is 4.39. The molecule has 160 valence electrons. The summed E-state index contributed by atoms with van der Waals surface area (Å²) in [6.07, 6.45) is 3.64. The number of nitrogens with one attached hydrogen (secondary N) is 2. The zero-order valence-electron chi connectivity index (χ0n) is 16.8. The fourth-order valence-electron chi connectivity index (χ4n) is 3.28. The molecule has 1 atom stereocenters. The Morgan fingerprint density at radius 3 is 2.55 bits per heavy atom. The van der Waals surface area contributed by atoms with Crippen LogP contribution >= 0.6 is 24.0 Å². The topological polar surface area (TPSA) is 86.9 Å². The zero-order valence-corrected chi connectivity index (χ0v) is 19.9. The van der Waals surface area contributed by atoms with Crippen LogP contribution in [0, 0.1) is 5.92 Å². The van der Waals surface area contributed by atoms with E-state index in [1.807, 2.05) is 24.3 Å². The molecule has 0 spiro atoms. The van der Waals surface area contributed by atoms with Gasteiger partial charge in [-0.1, -0.05) is 19.1 Å². The van der Waals surface area contributed by atoms with E-state index in [1.54, 1.807) is 29.7 Å². The SMILES string of the molecule is CN=C(NCc1ccc(S(=O)(=O)N2CCCC(C)C2)cc1)NCc1ccco1.I. The molecule has 0 radical (unpaired) electrons. The minimum Gasteiger partial charge on any atom is -0.467 e. The van der Waals surface area contributed by atoms with Gasteiger partial charge in [-0.05, 0) is 48.6 Å². The number of hydrogen-bond donors (Lipinski definition) is 2. The van der Waals surface area contributed by atoms with Gasteiger partial charge in [-0.15, -0.1) is 24.0 Å². The predicted octanol–water partition coefficient (Wildman–Crippen LogP) is 3.18. The molecule has 1 aliphatic rings. The number of nitrogens with zero attached hydrogens (tertiary/aromatic N) is 2. The van der Waals surface area contributed by atoms with E-state index in [-0.39, 0.29) is 24.0 Å². The number of aliphatic imine (C=N–C) groups is 1. The van der Waals surface area contributed by atoms with Crippen LogP contribution in [0.3, 0.4) is 0 Å². The van der Waals surface area contributed by atoms with Crippen molar-refractivity contribution in [1.29, 1.82) is 0 Å². The molecule has 9 heteroatoms. The van der Waals surface area contributed by atoms with Gasteiger partial charge < -0.3 is 15.1 Å². The maximum atomic E-state index is 12.8. The van der Waals surface area contributed by atoms with E-state index in [9.17, 15) is 8.42 Å². The Hall–Kier alpha value is -1.59. The maximum Gasteiger partial charge on any atom is 0.243 e. The van der Waals surface area contributed by atoms with Crippen molar-refractivity contribution < 1.29 is 12.8 Å². The first-order chi connectivity index (χ1) is 13.5. The van der Waals surface area contributed by atoms with Crippen LogP contribution < -0.4 is 10.6 Å². The van der Waals surface area contributed by atoms with Crippen molar-refractivity contribution in [3.63, 3.8) is 0 Å². The minimum atomic E-state index is -3.41. The number of sulfonamides is 1. The van der Waals surface area contributed by atoms with Gasteiger partial charge in [0, 0.05) is 26.7 Å². The molecular weight excluding hydrogens is 503 g/mol. The van der Waals surface area contributed by atoms with Crippen LogP contribution in [0.25, 0.3) is 0 Å². The molecule has 29 heavy (non-hydrogen) atoms. The van der Waals surface area contributed by atoms with E-state index in [0.717, 1.165) is 24.2 Å². The Labute approximate surface area is 190 Å². The molecule has 2 aromatic rings. The Balaban J connectivity index is 0.00000300. The molecule has 0 bridgehead atoms. The fraction of sp³-hybridized carbons (Fsp3) is 0.450. The third-order valence-corrected chi connectivity index (χ3v) is 6.75. The van der Waals surface area contributed by atoms with Crippen LogP contribution in [0.4, 0.5) is 0 Å². The predicted molar refractivity (Wildman–Crippen MR) is 125 cm³/mol. The Morgan fingerprint density at radius 2 is 1.93 bits per heavy atom. The van der Waals surface area contributed by atoms with Crippen molar-refractivity contribution in [2.24, 2.45) is 10.9 Å². The van der Waals surface area contributed by atoms with E-state index >= 15 is 0 Å². The first-order valence-corrected chi connectivity index (χ1v) is 11.0. The molecule has 1 aromatic heterocycles. The maximum absolute atomic E-state index is 12.8. The highest BCUT2D eigenvalue weighted by Crippen LogP contribution is 2.23. The molecule has 1 aromatic carbocycles. The summed E-state index contributed by atoms with van der Waals surface area (Å²) >= 11 is 0. The molecule has 2 N–H and O–H groups in total. The molecule has 3 rings (SSSR count). The average molecular weight is 532 g/mol. The van der Waals surface area contributed by atoms with Crippen molar-refractivity contribution >= 4 is 40.0 Å². The molecule has 0 aliphatic carbocycles. The highest BCUT2D eigenvalue weighted by molar-refractivity contribution is 14.0. The number of hydrogen-bond acceptors (Lipinski definition) is 4. The van der Waals surface area contributed by atoms with E-state index in [2.05, 4.69) is 22.5 Å². The third-order valence-electron chi connectivity index (χ3n) is 4.87. The summed E-state index contributed by atoms with van der Waals surface area (Å²) in [6, 6.07) is 10.8. The summed E-state index contributed by atoms with van der Waals surface area (Å²) in [5.74, 6) is 1.88. The quantitative estimate of drug-likeness (QED) is 0.339. The van der Waals surface area contributed by atoms with Crippen LogP contribution in [0.2, 0.25) is 0 Å². The van der Waals surface area contributed by atoms with Crippen molar-refractivity contribution in [3.8, 4) is 0 Å². The second kappa shape index (κ2) is 11.0. The van der Waals surface area contributed by atoms with Gasteiger partial charge in [-0.2, -0.15) is 4.31 Å². The van der Waals surface area contributed by atoms with Crippen LogP contribution in [0.1, 0.15) is 31.1 Å².